The molecule has 0 saturated carbocycles. The fraction of sp³-hybridized carbons (Fsp3) is 0.500. The number of hydrogen-bond acceptors (Lipinski definition) is 3. The first-order valence-electron chi connectivity index (χ1n) is 6.86. The van der Waals surface area contributed by atoms with Crippen LogP contribution >= 0.6 is 23.2 Å². The second kappa shape index (κ2) is 6.35. The van der Waals surface area contributed by atoms with Crippen LogP contribution in [0.2, 0.25) is 10.0 Å². The topological polar surface area (TPSA) is 74.7 Å². The summed E-state index contributed by atoms with van der Waals surface area (Å²) in [5.41, 5.74) is -0.387. The van der Waals surface area contributed by atoms with Crippen molar-refractivity contribution in [3.8, 4) is 0 Å². The van der Waals surface area contributed by atoms with Gasteiger partial charge in [0, 0.05) is 13.1 Å². The summed E-state index contributed by atoms with van der Waals surface area (Å²) in [5, 5.41) is 8.73. The van der Waals surface area contributed by atoms with Gasteiger partial charge in [0.15, 0.2) is 0 Å². The maximum atomic E-state index is 12.8. The summed E-state index contributed by atoms with van der Waals surface area (Å²) in [6.45, 7) is 4.77. The van der Waals surface area contributed by atoms with Crippen molar-refractivity contribution in [2.75, 3.05) is 13.1 Å². The number of carboxylic acid groups (broad SMARTS) is 1. The molecule has 1 aliphatic rings. The second-order valence-corrected chi connectivity index (χ2v) is 8.50. The Kier molecular flexibility index (Phi) is 5.06. The summed E-state index contributed by atoms with van der Waals surface area (Å²) in [4.78, 5) is 11.0. The molecule has 0 spiro atoms. The average molecular weight is 366 g/mol. The molecule has 2 rings (SSSR count). The summed E-state index contributed by atoms with van der Waals surface area (Å²) < 4.78 is 26.9. The highest BCUT2D eigenvalue weighted by atomic mass is 35.5. The van der Waals surface area contributed by atoms with Crippen LogP contribution in [0.25, 0.3) is 0 Å². The third kappa shape index (κ3) is 3.25. The van der Waals surface area contributed by atoms with Crippen molar-refractivity contribution >= 4 is 39.2 Å². The molecule has 1 saturated heterocycles. The minimum absolute atomic E-state index is 0.0863. The number of benzene rings is 1. The van der Waals surface area contributed by atoms with E-state index in [0.29, 0.717) is 13.1 Å². The summed E-state index contributed by atoms with van der Waals surface area (Å²) in [7, 11) is -3.85. The van der Waals surface area contributed by atoms with E-state index in [1.807, 2.05) is 13.8 Å². The van der Waals surface area contributed by atoms with Crippen LogP contribution in [-0.2, 0) is 10.0 Å². The molecule has 1 heterocycles. The maximum Gasteiger partial charge on any atom is 0.338 e. The molecule has 0 aliphatic carbocycles. The molecule has 122 valence electrons. The zero-order valence-electron chi connectivity index (χ0n) is 12.2. The maximum absolute atomic E-state index is 12.8. The quantitative estimate of drug-likeness (QED) is 0.890. The van der Waals surface area contributed by atoms with Crippen molar-refractivity contribution in [1.82, 2.24) is 4.31 Å². The summed E-state index contributed by atoms with van der Waals surface area (Å²) in [6, 6.07) is 2.51. The monoisotopic (exact) mass is 365 g/mol. The predicted molar refractivity (Wildman–Crippen MR) is 85.1 cm³/mol. The highest BCUT2D eigenvalue weighted by molar-refractivity contribution is 7.89. The van der Waals surface area contributed by atoms with Gasteiger partial charge in [0.05, 0.1) is 15.6 Å². The zero-order valence-corrected chi connectivity index (χ0v) is 14.5. The van der Waals surface area contributed by atoms with Crippen LogP contribution in [0.5, 0.6) is 0 Å². The number of carboxylic acids is 1. The van der Waals surface area contributed by atoms with Crippen molar-refractivity contribution in [1.29, 1.82) is 0 Å². The van der Waals surface area contributed by atoms with E-state index in [1.54, 1.807) is 0 Å². The molecule has 2 atom stereocenters. The standard InChI is InChI=1S/C14H17Cl2NO4S/c1-8-5-9(2)7-17(6-8)22(20,21)11-4-3-10(15)12(13(11)16)14(18)19/h3-4,8-9H,5-7H2,1-2H3,(H,18,19)/t8-,9+. The molecule has 8 heteroatoms. The summed E-state index contributed by atoms with van der Waals surface area (Å²) in [5.74, 6) is -0.875. The SMILES string of the molecule is C[C@@H]1C[C@H](C)CN(S(=O)(=O)c2ccc(Cl)c(C(=O)O)c2Cl)C1. The smallest absolute Gasteiger partial charge is 0.338 e. The van der Waals surface area contributed by atoms with Crippen molar-refractivity contribution in [3.63, 3.8) is 0 Å². The molecule has 0 bridgehead atoms. The fourth-order valence-corrected chi connectivity index (χ4v) is 5.44. The zero-order chi connectivity index (χ0) is 16.7. The molecule has 1 aromatic rings. The number of nitrogens with zero attached hydrogens (tertiary/aromatic N) is 1. The third-order valence-corrected chi connectivity index (χ3v) is 6.42. The first-order valence-corrected chi connectivity index (χ1v) is 9.05. The van der Waals surface area contributed by atoms with Gasteiger partial charge in [0.2, 0.25) is 10.0 Å². The number of hydrogen-bond donors (Lipinski definition) is 1. The molecule has 0 radical (unpaired) electrons. The Morgan fingerprint density at radius 1 is 1.23 bits per heavy atom. The molecule has 0 unspecified atom stereocenters. The van der Waals surface area contributed by atoms with Crippen LogP contribution < -0.4 is 0 Å². The van der Waals surface area contributed by atoms with Gasteiger partial charge in [-0.25, -0.2) is 13.2 Å². The molecule has 0 amide bonds. The molecule has 1 N–H and O–H groups in total. The number of rotatable bonds is 3. The van der Waals surface area contributed by atoms with Crippen molar-refractivity contribution in [2.45, 2.75) is 25.2 Å². The van der Waals surface area contributed by atoms with Crippen LogP contribution in [0.4, 0.5) is 0 Å². The summed E-state index contributed by atoms with van der Waals surface area (Å²) in [6.07, 6.45) is 0.959. The minimum Gasteiger partial charge on any atom is -0.478 e. The molecule has 1 fully saturated rings. The first-order chi connectivity index (χ1) is 10.1. The Morgan fingerprint density at radius 3 is 2.27 bits per heavy atom. The van der Waals surface area contributed by atoms with Crippen LogP contribution in [0.1, 0.15) is 30.6 Å². The largest absolute Gasteiger partial charge is 0.478 e. The van der Waals surface area contributed by atoms with E-state index in [9.17, 15) is 13.2 Å². The highest BCUT2D eigenvalue weighted by Gasteiger charge is 2.34. The number of piperidine rings is 1. The Balaban J connectivity index is 2.50. The second-order valence-electron chi connectivity index (χ2n) is 5.81. The highest BCUT2D eigenvalue weighted by Crippen LogP contribution is 2.34. The lowest BCUT2D eigenvalue weighted by molar-refractivity contribution is 0.0697. The van der Waals surface area contributed by atoms with Crippen molar-refractivity contribution in [2.24, 2.45) is 11.8 Å². The van der Waals surface area contributed by atoms with Crippen LogP contribution in [0, 0.1) is 11.8 Å². The van der Waals surface area contributed by atoms with E-state index in [4.69, 9.17) is 28.3 Å². The lowest BCUT2D eigenvalue weighted by Crippen LogP contribution is -2.42. The lowest BCUT2D eigenvalue weighted by Gasteiger charge is -2.34. The van der Waals surface area contributed by atoms with Gasteiger partial charge >= 0.3 is 5.97 Å². The lowest BCUT2D eigenvalue weighted by atomic mass is 9.94. The molecule has 5 nitrogen and oxygen atoms in total. The predicted octanol–water partition coefficient (Wildman–Crippen LogP) is 3.36. The van der Waals surface area contributed by atoms with E-state index >= 15 is 0 Å². The molecule has 1 aliphatic heterocycles. The Bertz CT molecular complexity index is 695. The van der Waals surface area contributed by atoms with Gasteiger partial charge in [-0.15, -0.1) is 0 Å². The number of carbonyl (C=O) groups is 1. The Hall–Kier alpha value is -0.820. The van der Waals surface area contributed by atoms with Crippen LogP contribution in [0.3, 0.4) is 0 Å². The van der Waals surface area contributed by atoms with Gasteiger partial charge in [-0.3, -0.25) is 0 Å². The van der Waals surface area contributed by atoms with E-state index in [2.05, 4.69) is 0 Å². The van der Waals surface area contributed by atoms with Gasteiger partial charge in [0.1, 0.15) is 4.90 Å². The number of aromatic carboxylic acids is 1. The van der Waals surface area contributed by atoms with Crippen LogP contribution in [-0.4, -0.2) is 36.9 Å². The average Bonchev–Trinajstić information content (AvgIpc) is 2.36. The number of halogens is 2. The van der Waals surface area contributed by atoms with Gasteiger partial charge in [-0.1, -0.05) is 37.0 Å². The molecular weight excluding hydrogens is 349 g/mol. The van der Waals surface area contributed by atoms with Gasteiger partial charge in [0.25, 0.3) is 0 Å². The van der Waals surface area contributed by atoms with E-state index in [-0.39, 0.29) is 32.3 Å². The van der Waals surface area contributed by atoms with Crippen molar-refractivity contribution in [3.05, 3.63) is 27.7 Å². The van der Waals surface area contributed by atoms with Crippen LogP contribution in [0.15, 0.2) is 17.0 Å². The van der Waals surface area contributed by atoms with E-state index in [0.717, 1.165) is 6.42 Å². The van der Waals surface area contributed by atoms with E-state index < -0.39 is 16.0 Å². The fourth-order valence-electron chi connectivity index (χ4n) is 2.87. The van der Waals surface area contributed by atoms with Gasteiger partial charge in [-0.05, 0) is 30.4 Å². The molecule has 22 heavy (non-hydrogen) atoms. The normalized spacial score (nSPS) is 23.5. The third-order valence-electron chi connectivity index (χ3n) is 3.72. The van der Waals surface area contributed by atoms with Gasteiger partial charge < -0.3 is 5.11 Å². The number of sulfonamides is 1. The molecular formula is C14H17Cl2NO4S. The van der Waals surface area contributed by atoms with Crippen molar-refractivity contribution < 1.29 is 18.3 Å². The van der Waals surface area contributed by atoms with E-state index in [1.165, 1.54) is 16.4 Å². The summed E-state index contributed by atoms with van der Waals surface area (Å²) >= 11 is 11.8. The molecule has 1 aromatic carbocycles. The van der Waals surface area contributed by atoms with Gasteiger partial charge in [-0.2, -0.15) is 4.31 Å². The first kappa shape index (κ1) is 17.5. The Morgan fingerprint density at radius 2 is 1.77 bits per heavy atom. The molecule has 0 aromatic heterocycles. The Labute approximate surface area is 139 Å². The minimum atomic E-state index is -3.85.